The highest BCUT2D eigenvalue weighted by Gasteiger charge is 2.25. The standard InChI is InChI=1S/C45H74NO9P/c1-3-5-7-9-11-12-13-14-15-16-17-18-19-20-24-28-32-36-44(48)52-40-43(41-54-56(50,51)53-39-38-46)55-45(49)37-33-29-25-22-21-23-27-31-35-42(47)34-30-26-10-8-6-4-2/h5,7,11-12,14-15,17-18,22-23,25-27,30-31,35,42-43,47H,3-4,6,8-10,13,16,19-21,24,28-29,32-34,36-41,46H2,1-2H3,(H,50,51)/b7-5-,12-11-,15-14-,18-17-,25-22-,27-23-,30-26-,35-31+/t42-,43+/m0/s1. The number of hydrogen-bond donors (Lipinski definition) is 3. The van der Waals surface area contributed by atoms with Crippen LogP contribution in [0.5, 0.6) is 0 Å². The number of aliphatic hydroxyl groups excluding tert-OH is 1. The smallest absolute Gasteiger partial charge is 0.462 e. The number of ether oxygens (including phenoxy) is 2. The third-order valence-electron chi connectivity index (χ3n) is 8.03. The van der Waals surface area contributed by atoms with Crippen LogP contribution in [0.15, 0.2) is 97.2 Å². The summed E-state index contributed by atoms with van der Waals surface area (Å²) in [6, 6.07) is 0. The molecule has 0 radical (unpaired) electrons. The molecule has 0 amide bonds. The summed E-state index contributed by atoms with van der Waals surface area (Å²) in [6.45, 7) is 3.37. The monoisotopic (exact) mass is 804 g/mol. The molecule has 318 valence electrons. The zero-order valence-corrected chi connectivity index (χ0v) is 35.3. The summed E-state index contributed by atoms with van der Waals surface area (Å²) in [5, 5.41) is 10.0. The molecule has 0 saturated heterocycles. The number of unbranched alkanes of at least 4 members (excludes halogenated alkanes) is 8. The molecule has 10 nitrogen and oxygen atoms in total. The van der Waals surface area contributed by atoms with E-state index in [4.69, 9.17) is 24.3 Å². The Hall–Kier alpha value is -3.11. The van der Waals surface area contributed by atoms with Gasteiger partial charge < -0.3 is 25.2 Å². The average Bonchev–Trinajstić information content (AvgIpc) is 3.18. The number of carbonyl (C=O) groups excluding carboxylic acids is 2. The van der Waals surface area contributed by atoms with Gasteiger partial charge in [0.15, 0.2) is 6.10 Å². The zero-order valence-electron chi connectivity index (χ0n) is 34.4. The molecule has 0 aromatic heterocycles. The number of phosphoric ester groups is 1. The van der Waals surface area contributed by atoms with Gasteiger partial charge in [-0.15, -0.1) is 0 Å². The van der Waals surface area contributed by atoms with Gasteiger partial charge in [0, 0.05) is 19.4 Å². The van der Waals surface area contributed by atoms with Gasteiger partial charge in [0.05, 0.1) is 19.3 Å². The number of esters is 2. The average molecular weight is 804 g/mol. The molecule has 11 heteroatoms. The number of allylic oxidation sites excluding steroid dienone is 14. The number of carbonyl (C=O) groups is 2. The largest absolute Gasteiger partial charge is 0.472 e. The molecule has 0 aliphatic heterocycles. The number of aliphatic hydroxyl groups is 1. The molecule has 0 aromatic carbocycles. The van der Waals surface area contributed by atoms with E-state index >= 15 is 0 Å². The number of nitrogens with two attached hydrogens (primary N) is 1. The van der Waals surface area contributed by atoms with Gasteiger partial charge in [-0.05, 0) is 83.5 Å². The van der Waals surface area contributed by atoms with Crippen molar-refractivity contribution in [2.24, 2.45) is 5.73 Å². The third kappa shape index (κ3) is 39.1. The molecular weight excluding hydrogens is 729 g/mol. The molecular formula is C45H74NO9P. The summed E-state index contributed by atoms with van der Waals surface area (Å²) in [5.41, 5.74) is 5.33. The Morgan fingerprint density at radius 3 is 1.88 bits per heavy atom. The fourth-order valence-corrected chi connectivity index (χ4v) is 5.70. The summed E-state index contributed by atoms with van der Waals surface area (Å²) in [4.78, 5) is 34.8. The molecule has 56 heavy (non-hydrogen) atoms. The first-order chi connectivity index (χ1) is 27.2. The van der Waals surface area contributed by atoms with E-state index in [0.717, 1.165) is 57.8 Å². The Balaban J connectivity index is 4.41. The van der Waals surface area contributed by atoms with Crippen LogP contribution >= 0.6 is 7.82 Å². The number of hydrogen-bond acceptors (Lipinski definition) is 9. The van der Waals surface area contributed by atoms with Crippen molar-refractivity contribution in [3.05, 3.63) is 97.2 Å². The first kappa shape index (κ1) is 52.9. The minimum Gasteiger partial charge on any atom is -0.462 e. The molecule has 0 heterocycles. The molecule has 4 N–H and O–H groups in total. The predicted molar refractivity (Wildman–Crippen MR) is 230 cm³/mol. The topological polar surface area (TPSA) is 155 Å². The highest BCUT2D eigenvalue weighted by atomic mass is 31.2. The van der Waals surface area contributed by atoms with Crippen molar-refractivity contribution in [1.82, 2.24) is 0 Å². The minimum absolute atomic E-state index is 0.0254. The molecule has 0 rings (SSSR count). The molecule has 0 saturated carbocycles. The van der Waals surface area contributed by atoms with E-state index in [-0.39, 0.29) is 32.6 Å². The fraction of sp³-hybridized carbons (Fsp3) is 0.600. The summed E-state index contributed by atoms with van der Waals surface area (Å²) < 4.78 is 32.6. The SMILES string of the molecule is CC/C=C\C/C=C\C/C=C\C/C=C\CCCCCCC(=O)OC[C@H](COP(=O)(O)OCCN)OC(=O)CCC/C=C\C/C=C\C=C\[C@@H](O)C/C=C\CCCCC. The first-order valence-corrected chi connectivity index (χ1v) is 22.3. The lowest BCUT2D eigenvalue weighted by Crippen LogP contribution is -2.29. The number of phosphoric acid groups is 1. The zero-order chi connectivity index (χ0) is 41.2. The second kappa shape index (κ2) is 40.1. The summed E-state index contributed by atoms with van der Waals surface area (Å²) >= 11 is 0. The van der Waals surface area contributed by atoms with Crippen LogP contribution in [0, 0.1) is 0 Å². The van der Waals surface area contributed by atoms with Gasteiger partial charge in [-0.1, -0.05) is 137 Å². The van der Waals surface area contributed by atoms with E-state index < -0.39 is 38.6 Å². The van der Waals surface area contributed by atoms with Gasteiger partial charge in [-0.2, -0.15) is 0 Å². The first-order valence-electron chi connectivity index (χ1n) is 20.8. The highest BCUT2D eigenvalue weighted by Crippen LogP contribution is 2.43. The normalized spacial score (nSPS) is 14.9. The Kier molecular flexibility index (Phi) is 37.9. The van der Waals surface area contributed by atoms with Crippen LogP contribution in [0.3, 0.4) is 0 Å². The fourth-order valence-electron chi connectivity index (χ4n) is 4.94. The molecule has 0 aliphatic carbocycles. The lowest BCUT2D eigenvalue weighted by Gasteiger charge is -2.19. The predicted octanol–water partition coefficient (Wildman–Crippen LogP) is 10.8. The highest BCUT2D eigenvalue weighted by molar-refractivity contribution is 7.47. The lowest BCUT2D eigenvalue weighted by molar-refractivity contribution is -0.161. The van der Waals surface area contributed by atoms with Gasteiger partial charge >= 0.3 is 19.8 Å². The van der Waals surface area contributed by atoms with Crippen molar-refractivity contribution < 1.29 is 42.7 Å². The summed E-state index contributed by atoms with van der Waals surface area (Å²) in [6.07, 6.45) is 47.5. The van der Waals surface area contributed by atoms with Crippen molar-refractivity contribution in [2.45, 2.75) is 148 Å². The third-order valence-corrected chi connectivity index (χ3v) is 9.02. The summed E-state index contributed by atoms with van der Waals surface area (Å²) in [5.74, 6) is -0.973. The Bertz CT molecular complexity index is 1250. The van der Waals surface area contributed by atoms with Crippen molar-refractivity contribution in [3.63, 3.8) is 0 Å². The Morgan fingerprint density at radius 2 is 1.21 bits per heavy atom. The van der Waals surface area contributed by atoms with E-state index in [1.807, 2.05) is 36.5 Å². The van der Waals surface area contributed by atoms with Gasteiger partial charge in [0.2, 0.25) is 0 Å². The molecule has 1 unspecified atom stereocenters. The minimum atomic E-state index is -4.42. The van der Waals surface area contributed by atoms with Crippen LogP contribution in [-0.2, 0) is 32.7 Å². The Morgan fingerprint density at radius 1 is 0.643 bits per heavy atom. The van der Waals surface area contributed by atoms with Crippen LogP contribution in [0.2, 0.25) is 0 Å². The van der Waals surface area contributed by atoms with Crippen molar-refractivity contribution in [2.75, 3.05) is 26.4 Å². The Labute approximate surface area is 339 Å². The molecule has 0 spiro atoms. The molecule has 0 fully saturated rings. The maximum absolute atomic E-state index is 12.6. The van der Waals surface area contributed by atoms with Crippen LogP contribution in [0.25, 0.3) is 0 Å². The van der Waals surface area contributed by atoms with Crippen LogP contribution in [0.4, 0.5) is 0 Å². The van der Waals surface area contributed by atoms with Gasteiger partial charge in [0.1, 0.15) is 6.61 Å². The molecule has 3 atom stereocenters. The van der Waals surface area contributed by atoms with Crippen molar-refractivity contribution in [3.8, 4) is 0 Å². The van der Waals surface area contributed by atoms with Crippen molar-refractivity contribution in [1.29, 1.82) is 0 Å². The van der Waals surface area contributed by atoms with Gasteiger partial charge in [-0.25, -0.2) is 4.57 Å². The molecule has 0 aliphatic rings. The second-order valence-electron chi connectivity index (χ2n) is 13.3. The molecule has 0 bridgehead atoms. The quantitative estimate of drug-likeness (QED) is 0.0182. The maximum Gasteiger partial charge on any atom is 0.472 e. The maximum atomic E-state index is 12.6. The van der Waals surface area contributed by atoms with E-state index in [1.54, 1.807) is 6.08 Å². The molecule has 0 aromatic rings. The van der Waals surface area contributed by atoms with Crippen LogP contribution < -0.4 is 5.73 Å². The van der Waals surface area contributed by atoms with E-state index in [9.17, 15) is 24.2 Å². The lowest BCUT2D eigenvalue weighted by atomic mass is 10.1. The van der Waals surface area contributed by atoms with E-state index in [1.165, 1.54) is 19.3 Å². The van der Waals surface area contributed by atoms with Crippen LogP contribution in [0.1, 0.15) is 136 Å². The van der Waals surface area contributed by atoms with E-state index in [2.05, 4.69) is 68.5 Å². The second-order valence-corrected chi connectivity index (χ2v) is 14.8. The van der Waals surface area contributed by atoms with Gasteiger partial charge in [-0.3, -0.25) is 18.6 Å². The van der Waals surface area contributed by atoms with Crippen LogP contribution in [-0.4, -0.2) is 60.5 Å². The van der Waals surface area contributed by atoms with E-state index in [0.29, 0.717) is 32.1 Å². The summed E-state index contributed by atoms with van der Waals surface area (Å²) in [7, 11) is -4.42. The van der Waals surface area contributed by atoms with Crippen molar-refractivity contribution >= 4 is 19.8 Å². The number of rotatable bonds is 37. The van der Waals surface area contributed by atoms with Gasteiger partial charge in [0.25, 0.3) is 0 Å².